The maximum absolute atomic E-state index is 11.8. The second kappa shape index (κ2) is 6.69. The minimum absolute atomic E-state index is 0.0514. The van der Waals surface area contributed by atoms with E-state index in [9.17, 15) is 19.5 Å². The van der Waals surface area contributed by atoms with Gasteiger partial charge in [-0.2, -0.15) is 0 Å². The third-order valence-electron chi connectivity index (χ3n) is 3.29. The van der Waals surface area contributed by atoms with Crippen LogP contribution in [0.5, 0.6) is 0 Å². The Hall–Kier alpha value is -2.23. The van der Waals surface area contributed by atoms with E-state index in [2.05, 4.69) is 9.72 Å². The maximum atomic E-state index is 11.8. The number of carbonyl (C=O) groups is 1. The molecule has 0 amide bonds. The first kappa shape index (κ1) is 16.1. The maximum Gasteiger partial charge on any atom is 0.330 e. The molecule has 3 N–H and O–H groups in total. The van der Waals surface area contributed by atoms with Gasteiger partial charge in [-0.25, -0.2) is 9.59 Å². The Labute approximate surface area is 124 Å². The third-order valence-corrected chi connectivity index (χ3v) is 3.29. The first-order chi connectivity index (χ1) is 10.5. The van der Waals surface area contributed by atoms with Gasteiger partial charge in [-0.15, -0.1) is 0 Å². The Morgan fingerprint density at radius 1 is 1.59 bits per heavy atom. The van der Waals surface area contributed by atoms with Crippen molar-refractivity contribution >= 4 is 12.0 Å². The Balaban J connectivity index is 2.33. The number of aliphatic hydroxyl groups is 2. The molecule has 0 aliphatic carbocycles. The number of hydrogen-bond donors (Lipinski definition) is 3. The Morgan fingerprint density at radius 2 is 2.32 bits per heavy atom. The van der Waals surface area contributed by atoms with E-state index in [-0.39, 0.29) is 18.6 Å². The number of aromatic nitrogens is 2. The van der Waals surface area contributed by atoms with Crippen LogP contribution in [0.3, 0.4) is 0 Å². The van der Waals surface area contributed by atoms with E-state index in [0.717, 1.165) is 10.6 Å². The second-order valence-electron chi connectivity index (χ2n) is 4.72. The molecule has 2 rings (SSSR count). The number of methoxy groups -OCH3 is 1. The van der Waals surface area contributed by atoms with Crippen molar-refractivity contribution in [1.29, 1.82) is 0 Å². The lowest BCUT2D eigenvalue weighted by Gasteiger charge is -2.14. The highest BCUT2D eigenvalue weighted by Gasteiger charge is 2.35. The van der Waals surface area contributed by atoms with Gasteiger partial charge >= 0.3 is 11.7 Å². The predicted molar refractivity (Wildman–Crippen MR) is 74.0 cm³/mol. The smallest absolute Gasteiger partial charge is 0.330 e. The molecule has 0 spiro atoms. The quantitative estimate of drug-likeness (QED) is 0.449. The van der Waals surface area contributed by atoms with Crippen LogP contribution in [0.2, 0.25) is 0 Å². The summed E-state index contributed by atoms with van der Waals surface area (Å²) in [6, 6.07) is 0. The van der Waals surface area contributed by atoms with Crippen LogP contribution in [0.25, 0.3) is 6.08 Å². The number of aromatic amines is 1. The SMILES string of the molecule is COC(=O)C=Cc1cn([C@H]2C[C@H](O)[C@@H](CO)O2)c(=O)[nH]c1=O. The summed E-state index contributed by atoms with van der Waals surface area (Å²) in [5.41, 5.74) is -1.33. The van der Waals surface area contributed by atoms with Crippen LogP contribution in [-0.2, 0) is 14.3 Å². The topological polar surface area (TPSA) is 131 Å². The van der Waals surface area contributed by atoms with E-state index < -0.39 is 35.7 Å². The van der Waals surface area contributed by atoms with Gasteiger partial charge in [-0.05, 0) is 6.08 Å². The molecule has 0 radical (unpaired) electrons. The minimum Gasteiger partial charge on any atom is -0.466 e. The minimum atomic E-state index is -0.914. The molecule has 9 heteroatoms. The number of aliphatic hydroxyl groups excluding tert-OH is 2. The number of carbonyl (C=O) groups excluding carboxylic acids is 1. The van der Waals surface area contributed by atoms with Gasteiger partial charge in [0.2, 0.25) is 0 Å². The van der Waals surface area contributed by atoms with E-state index in [0.29, 0.717) is 0 Å². The molecular weight excluding hydrogens is 296 g/mol. The lowest BCUT2D eigenvalue weighted by Crippen LogP contribution is -2.33. The molecule has 3 atom stereocenters. The zero-order valence-corrected chi connectivity index (χ0v) is 11.8. The Morgan fingerprint density at radius 3 is 2.91 bits per heavy atom. The molecule has 22 heavy (non-hydrogen) atoms. The van der Waals surface area contributed by atoms with Gasteiger partial charge < -0.3 is 19.7 Å². The van der Waals surface area contributed by atoms with E-state index in [1.807, 2.05) is 0 Å². The van der Waals surface area contributed by atoms with Crippen molar-refractivity contribution in [3.05, 3.63) is 38.7 Å². The number of nitrogens with one attached hydrogen (secondary N) is 1. The van der Waals surface area contributed by atoms with Crippen LogP contribution in [0.4, 0.5) is 0 Å². The van der Waals surface area contributed by atoms with Crippen LogP contribution in [0.15, 0.2) is 21.9 Å². The second-order valence-corrected chi connectivity index (χ2v) is 4.72. The van der Waals surface area contributed by atoms with Gasteiger partial charge in [-0.1, -0.05) is 0 Å². The molecule has 0 bridgehead atoms. The average molecular weight is 312 g/mol. The van der Waals surface area contributed by atoms with Gasteiger partial charge in [0.25, 0.3) is 5.56 Å². The summed E-state index contributed by atoms with van der Waals surface area (Å²) in [5.74, 6) is -0.648. The lowest BCUT2D eigenvalue weighted by molar-refractivity contribution is -0.134. The molecule has 0 unspecified atom stereocenters. The van der Waals surface area contributed by atoms with Crippen LogP contribution < -0.4 is 11.2 Å². The molecule has 0 saturated carbocycles. The Bertz CT molecular complexity index is 690. The number of esters is 1. The van der Waals surface area contributed by atoms with E-state index in [1.165, 1.54) is 19.4 Å². The molecule has 1 fully saturated rings. The molecule has 1 aliphatic rings. The number of hydrogen-bond acceptors (Lipinski definition) is 7. The summed E-state index contributed by atoms with van der Waals surface area (Å²) in [4.78, 5) is 36.7. The predicted octanol–water partition coefficient (Wildman–Crippen LogP) is -1.64. The molecule has 120 valence electrons. The van der Waals surface area contributed by atoms with Crippen LogP contribution >= 0.6 is 0 Å². The third kappa shape index (κ3) is 3.32. The van der Waals surface area contributed by atoms with Gasteiger partial charge in [0.05, 0.1) is 25.4 Å². The van der Waals surface area contributed by atoms with Crippen molar-refractivity contribution in [3.63, 3.8) is 0 Å². The summed E-state index contributed by atoms with van der Waals surface area (Å²) in [5, 5.41) is 18.7. The molecule has 1 saturated heterocycles. The first-order valence-electron chi connectivity index (χ1n) is 6.52. The van der Waals surface area contributed by atoms with Gasteiger partial charge in [0.1, 0.15) is 12.3 Å². The first-order valence-corrected chi connectivity index (χ1v) is 6.52. The molecule has 0 aromatic carbocycles. The Kier molecular flexibility index (Phi) is 4.91. The summed E-state index contributed by atoms with van der Waals surface area (Å²) in [6.45, 7) is -0.384. The van der Waals surface area contributed by atoms with Crippen molar-refractivity contribution in [2.75, 3.05) is 13.7 Å². The number of nitrogens with zero attached hydrogens (tertiary/aromatic N) is 1. The van der Waals surface area contributed by atoms with Crippen molar-refractivity contribution in [1.82, 2.24) is 9.55 Å². The highest BCUT2D eigenvalue weighted by atomic mass is 16.5. The lowest BCUT2D eigenvalue weighted by atomic mass is 10.2. The largest absolute Gasteiger partial charge is 0.466 e. The normalized spacial score (nSPS) is 24.8. The van der Waals surface area contributed by atoms with Gasteiger partial charge in [0, 0.05) is 18.7 Å². The fourth-order valence-corrected chi connectivity index (χ4v) is 2.11. The molecular formula is C13H16N2O7. The summed E-state index contributed by atoms with van der Waals surface area (Å²) in [7, 11) is 1.20. The molecule has 2 heterocycles. The highest BCUT2D eigenvalue weighted by Crippen LogP contribution is 2.27. The summed E-state index contributed by atoms with van der Waals surface area (Å²) >= 11 is 0. The van der Waals surface area contributed by atoms with E-state index >= 15 is 0 Å². The van der Waals surface area contributed by atoms with E-state index in [4.69, 9.17) is 9.84 Å². The van der Waals surface area contributed by atoms with Gasteiger partial charge in [-0.3, -0.25) is 14.3 Å². The van der Waals surface area contributed by atoms with Crippen molar-refractivity contribution in [2.24, 2.45) is 0 Å². The number of H-pyrrole nitrogens is 1. The fraction of sp³-hybridized carbons (Fsp3) is 0.462. The zero-order chi connectivity index (χ0) is 16.3. The molecule has 1 aliphatic heterocycles. The van der Waals surface area contributed by atoms with Crippen molar-refractivity contribution in [2.45, 2.75) is 24.9 Å². The van der Waals surface area contributed by atoms with E-state index in [1.54, 1.807) is 0 Å². The average Bonchev–Trinajstić information content (AvgIpc) is 2.86. The van der Waals surface area contributed by atoms with Crippen LogP contribution in [0, 0.1) is 0 Å². The molecule has 9 nitrogen and oxygen atoms in total. The standard InChI is InChI=1S/C13H16N2O7/c1-21-11(18)3-2-7-5-15(13(20)14-12(7)19)10-4-8(17)9(6-16)22-10/h2-3,5,8-10,16-17H,4,6H2,1H3,(H,14,19,20)/t8-,9+,10+/m0/s1. The monoisotopic (exact) mass is 312 g/mol. The zero-order valence-electron chi connectivity index (χ0n) is 11.8. The van der Waals surface area contributed by atoms with Crippen LogP contribution in [-0.4, -0.2) is 51.7 Å². The highest BCUT2D eigenvalue weighted by molar-refractivity contribution is 5.86. The number of ether oxygens (including phenoxy) is 2. The molecule has 1 aromatic heterocycles. The number of rotatable bonds is 4. The van der Waals surface area contributed by atoms with Crippen molar-refractivity contribution < 1.29 is 24.5 Å². The summed E-state index contributed by atoms with van der Waals surface area (Å²) < 4.78 is 10.9. The van der Waals surface area contributed by atoms with Crippen LogP contribution in [0.1, 0.15) is 18.2 Å². The molecule has 1 aromatic rings. The van der Waals surface area contributed by atoms with Crippen molar-refractivity contribution in [3.8, 4) is 0 Å². The van der Waals surface area contributed by atoms with Gasteiger partial charge in [0.15, 0.2) is 0 Å². The fourth-order valence-electron chi connectivity index (χ4n) is 2.11. The summed E-state index contributed by atoms with van der Waals surface area (Å²) in [6.07, 6.45) is 1.03.